The molecule has 3 N–H and O–H groups in total. The number of carbonyl (C=O) groups excluding carboxylic acids is 2. The Kier molecular flexibility index (Phi) is 6.93. The van der Waals surface area contributed by atoms with Crippen LogP contribution in [0.2, 0.25) is 0 Å². The van der Waals surface area contributed by atoms with E-state index >= 15 is 0 Å². The van der Waals surface area contributed by atoms with Crippen LogP contribution in [0.4, 0.5) is 11.5 Å². The van der Waals surface area contributed by atoms with Crippen LogP contribution in [0.5, 0.6) is 0 Å². The number of ether oxygens (including phenoxy) is 1. The zero-order chi connectivity index (χ0) is 21.5. The summed E-state index contributed by atoms with van der Waals surface area (Å²) in [5.41, 5.74) is 2.26. The number of benzene rings is 1. The number of amides is 2. The fourth-order valence-electron chi connectivity index (χ4n) is 2.76. The molecule has 0 aliphatic heterocycles. The first-order valence-corrected chi connectivity index (χ1v) is 9.72. The van der Waals surface area contributed by atoms with Crippen LogP contribution in [0.1, 0.15) is 25.3 Å². The Hall–Kier alpha value is -3.51. The molecule has 9 nitrogen and oxygen atoms in total. The molecule has 0 saturated heterocycles. The predicted octanol–water partition coefficient (Wildman–Crippen LogP) is 1.93. The van der Waals surface area contributed by atoms with Crippen molar-refractivity contribution >= 4 is 23.3 Å². The number of carbonyl (C=O) groups is 2. The van der Waals surface area contributed by atoms with Crippen molar-refractivity contribution in [2.24, 2.45) is 5.92 Å². The first-order valence-electron chi connectivity index (χ1n) is 9.72. The third-order valence-corrected chi connectivity index (χ3v) is 4.66. The van der Waals surface area contributed by atoms with Gasteiger partial charge in [0.2, 0.25) is 11.8 Å². The quantitative estimate of drug-likeness (QED) is 0.541. The number of nitrogens with one attached hydrogen (secondary N) is 3. The molecule has 1 aromatic carbocycles. The minimum Gasteiger partial charge on any atom is -0.383 e. The first-order chi connectivity index (χ1) is 14.5. The fourth-order valence-corrected chi connectivity index (χ4v) is 2.76. The van der Waals surface area contributed by atoms with Gasteiger partial charge in [0.1, 0.15) is 12.1 Å². The van der Waals surface area contributed by atoms with Crippen LogP contribution in [-0.4, -0.2) is 48.1 Å². The van der Waals surface area contributed by atoms with E-state index < -0.39 is 6.04 Å². The van der Waals surface area contributed by atoms with Crippen molar-refractivity contribution in [1.82, 2.24) is 15.3 Å². The van der Waals surface area contributed by atoms with E-state index in [9.17, 15) is 14.9 Å². The molecule has 1 fully saturated rings. The zero-order valence-corrected chi connectivity index (χ0v) is 16.9. The van der Waals surface area contributed by atoms with Crippen molar-refractivity contribution in [2.75, 3.05) is 30.9 Å². The van der Waals surface area contributed by atoms with Crippen LogP contribution in [0.3, 0.4) is 0 Å². The Morgan fingerprint density at radius 2 is 2.10 bits per heavy atom. The number of hydrogen-bond donors (Lipinski definition) is 3. The molecule has 1 heterocycles. The molecule has 3 rings (SSSR count). The molecular formula is C21H24N6O3. The Morgan fingerprint density at radius 1 is 1.30 bits per heavy atom. The number of rotatable bonds is 9. The van der Waals surface area contributed by atoms with Gasteiger partial charge in [-0.05, 0) is 31.9 Å². The standard InChI is InChI=1S/C21H24N6O3/c1-13(20(28)23-7-8-30-2)26-17-9-15(5-6-16(17)10-22)18-11-25-19(12-24-18)27-21(29)14-3-4-14/h5-6,9,11-14,26H,3-4,7-8H2,1-2H3,(H,23,28)(H,25,27,29). The van der Waals surface area contributed by atoms with Crippen LogP contribution in [0.15, 0.2) is 30.6 Å². The van der Waals surface area contributed by atoms with Gasteiger partial charge in [-0.1, -0.05) is 6.07 Å². The maximum absolute atomic E-state index is 12.2. The Labute approximate surface area is 174 Å². The smallest absolute Gasteiger partial charge is 0.242 e. The first kappa shape index (κ1) is 21.2. The van der Waals surface area contributed by atoms with Crippen LogP contribution in [0, 0.1) is 17.2 Å². The molecule has 1 aliphatic rings. The molecule has 2 aromatic rings. The highest BCUT2D eigenvalue weighted by atomic mass is 16.5. The summed E-state index contributed by atoms with van der Waals surface area (Å²) in [7, 11) is 1.56. The summed E-state index contributed by atoms with van der Waals surface area (Å²) in [6.07, 6.45) is 4.91. The Morgan fingerprint density at radius 3 is 2.73 bits per heavy atom. The van der Waals surface area contributed by atoms with E-state index in [1.807, 2.05) is 0 Å². The maximum atomic E-state index is 12.2. The van der Waals surface area contributed by atoms with Crippen LogP contribution in [-0.2, 0) is 14.3 Å². The highest BCUT2D eigenvalue weighted by Gasteiger charge is 2.29. The summed E-state index contributed by atoms with van der Waals surface area (Å²) < 4.78 is 4.92. The third-order valence-electron chi connectivity index (χ3n) is 4.66. The maximum Gasteiger partial charge on any atom is 0.242 e. The molecule has 2 amide bonds. The van der Waals surface area contributed by atoms with Crippen molar-refractivity contribution in [3.63, 3.8) is 0 Å². The van der Waals surface area contributed by atoms with Crippen molar-refractivity contribution in [3.8, 4) is 17.3 Å². The average Bonchev–Trinajstić information content (AvgIpc) is 3.60. The normalized spacial score (nSPS) is 13.8. The van der Waals surface area contributed by atoms with Gasteiger partial charge in [0.25, 0.3) is 0 Å². The van der Waals surface area contributed by atoms with E-state index in [1.165, 1.54) is 6.20 Å². The van der Waals surface area contributed by atoms with Gasteiger partial charge in [-0.3, -0.25) is 14.6 Å². The minimum atomic E-state index is -0.546. The third kappa shape index (κ3) is 5.52. The minimum absolute atomic E-state index is 0.0281. The molecular weight excluding hydrogens is 384 g/mol. The van der Waals surface area contributed by atoms with Crippen molar-refractivity contribution in [2.45, 2.75) is 25.8 Å². The second kappa shape index (κ2) is 9.80. The highest BCUT2D eigenvalue weighted by molar-refractivity contribution is 5.93. The Bertz CT molecular complexity index is 950. The second-order valence-corrected chi connectivity index (χ2v) is 7.07. The van der Waals surface area contributed by atoms with Gasteiger partial charge in [-0.2, -0.15) is 5.26 Å². The summed E-state index contributed by atoms with van der Waals surface area (Å²) in [4.78, 5) is 32.6. The van der Waals surface area contributed by atoms with Gasteiger partial charge < -0.3 is 20.7 Å². The van der Waals surface area contributed by atoms with E-state index in [0.717, 1.165) is 18.4 Å². The summed E-state index contributed by atoms with van der Waals surface area (Å²) in [5.74, 6) is 0.271. The lowest BCUT2D eigenvalue weighted by Gasteiger charge is -2.17. The van der Waals surface area contributed by atoms with E-state index in [0.29, 0.717) is 35.9 Å². The van der Waals surface area contributed by atoms with Gasteiger partial charge in [-0.15, -0.1) is 0 Å². The molecule has 0 spiro atoms. The van der Waals surface area contributed by atoms with E-state index in [-0.39, 0.29) is 17.7 Å². The molecule has 1 atom stereocenters. The topological polar surface area (TPSA) is 129 Å². The molecule has 1 saturated carbocycles. The summed E-state index contributed by atoms with van der Waals surface area (Å²) in [6, 6.07) is 6.76. The largest absolute Gasteiger partial charge is 0.383 e. The average molecular weight is 408 g/mol. The van der Waals surface area contributed by atoms with Gasteiger partial charge in [0.15, 0.2) is 5.82 Å². The molecule has 0 bridgehead atoms. The monoisotopic (exact) mass is 408 g/mol. The molecule has 1 aliphatic carbocycles. The molecule has 0 radical (unpaired) electrons. The molecule has 1 aromatic heterocycles. The zero-order valence-electron chi connectivity index (χ0n) is 16.9. The molecule has 30 heavy (non-hydrogen) atoms. The van der Waals surface area contributed by atoms with E-state index in [2.05, 4.69) is 32.0 Å². The second-order valence-electron chi connectivity index (χ2n) is 7.07. The van der Waals surface area contributed by atoms with Crippen LogP contribution in [0.25, 0.3) is 11.3 Å². The number of methoxy groups -OCH3 is 1. The SMILES string of the molecule is COCCNC(=O)C(C)Nc1cc(-c2cnc(NC(=O)C3CC3)cn2)ccc1C#N. The van der Waals surface area contributed by atoms with Gasteiger partial charge >= 0.3 is 0 Å². The molecule has 9 heteroatoms. The highest BCUT2D eigenvalue weighted by Crippen LogP contribution is 2.30. The number of nitriles is 1. The Balaban J connectivity index is 1.71. The summed E-state index contributed by atoms with van der Waals surface area (Å²) >= 11 is 0. The number of hydrogen-bond acceptors (Lipinski definition) is 7. The lowest BCUT2D eigenvalue weighted by molar-refractivity contribution is -0.121. The van der Waals surface area contributed by atoms with E-state index in [1.54, 1.807) is 38.4 Å². The lowest BCUT2D eigenvalue weighted by atomic mass is 10.1. The van der Waals surface area contributed by atoms with Gasteiger partial charge in [0, 0.05) is 25.1 Å². The fraction of sp³-hybridized carbons (Fsp3) is 0.381. The van der Waals surface area contributed by atoms with Crippen molar-refractivity contribution < 1.29 is 14.3 Å². The molecule has 156 valence electrons. The van der Waals surface area contributed by atoms with Crippen LogP contribution < -0.4 is 16.0 Å². The molecule has 1 unspecified atom stereocenters. The van der Waals surface area contributed by atoms with E-state index in [4.69, 9.17) is 4.74 Å². The summed E-state index contributed by atoms with van der Waals surface area (Å²) in [5, 5.41) is 18.0. The predicted molar refractivity (Wildman–Crippen MR) is 112 cm³/mol. The van der Waals surface area contributed by atoms with Crippen molar-refractivity contribution in [3.05, 3.63) is 36.2 Å². The summed E-state index contributed by atoms with van der Waals surface area (Å²) in [6.45, 7) is 2.55. The number of anilines is 2. The van der Waals surface area contributed by atoms with Crippen LogP contribution >= 0.6 is 0 Å². The van der Waals surface area contributed by atoms with Crippen molar-refractivity contribution in [1.29, 1.82) is 5.26 Å². The lowest BCUT2D eigenvalue weighted by Crippen LogP contribution is -2.39. The number of nitrogens with zero attached hydrogens (tertiary/aromatic N) is 3. The number of aromatic nitrogens is 2. The van der Waals surface area contributed by atoms with Gasteiger partial charge in [0.05, 0.1) is 35.9 Å². The van der Waals surface area contributed by atoms with Gasteiger partial charge in [-0.25, -0.2) is 4.98 Å².